The van der Waals surface area contributed by atoms with Crippen LogP contribution in [0.5, 0.6) is 0 Å². The van der Waals surface area contributed by atoms with E-state index in [1.807, 2.05) is 30.3 Å². The van der Waals surface area contributed by atoms with Gasteiger partial charge in [-0.25, -0.2) is 4.79 Å². The largest absolute Gasteiger partial charge is 2.00 e. The third kappa shape index (κ3) is 6.54. The molecule has 2 aliphatic rings. The fraction of sp³-hybridized carbons (Fsp3) is 0.444. The van der Waals surface area contributed by atoms with Crippen LogP contribution in [0.25, 0.3) is 5.73 Å². The maximum absolute atomic E-state index is 13.8. The zero-order valence-electron chi connectivity index (χ0n) is 22.2. The number of benzene rings is 1. The van der Waals surface area contributed by atoms with Gasteiger partial charge in [0.05, 0.1) is 19.8 Å². The molecule has 0 radical (unpaired) electrons. The van der Waals surface area contributed by atoms with E-state index < -0.39 is 40.9 Å². The van der Waals surface area contributed by atoms with E-state index in [0.29, 0.717) is 5.69 Å². The van der Waals surface area contributed by atoms with Gasteiger partial charge in [-0.15, -0.1) is 0 Å². The molecule has 2 fully saturated rings. The number of imide groups is 1. The Morgan fingerprint density at radius 2 is 1.82 bits per heavy atom. The monoisotopic (exact) mass is 716 g/mol. The molecule has 210 valence electrons. The number of aromatic nitrogens is 1. The van der Waals surface area contributed by atoms with Gasteiger partial charge in [-0.1, -0.05) is 55.8 Å². The van der Waals surface area contributed by atoms with Crippen LogP contribution in [0, 0.1) is 0 Å². The Balaban J connectivity index is 0.00000420. The predicted molar refractivity (Wildman–Crippen MR) is 139 cm³/mol. The fourth-order valence-electron chi connectivity index (χ4n) is 4.78. The summed E-state index contributed by atoms with van der Waals surface area (Å²) < 4.78 is 5.80. The van der Waals surface area contributed by atoms with Crippen LogP contribution in [-0.2, 0) is 53.2 Å². The number of rotatable bonds is 9. The smallest absolute Gasteiger partial charge is 0.664 e. The number of ether oxygens (including phenoxy) is 1. The summed E-state index contributed by atoms with van der Waals surface area (Å²) in [5.74, 6) is -1.46. The van der Waals surface area contributed by atoms with Crippen molar-refractivity contribution in [2.75, 3.05) is 33.3 Å². The number of likely N-dealkylation sites (N-methyl/N-ethyl adjacent to an activating group) is 1. The molecule has 0 aliphatic carbocycles. The second-order valence-corrected chi connectivity index (χ2v) is 10.2. The van der Waals surface area contributed by atoms with Crippen molar-refractivity contribution in [3.63, 3.8) is 0 Å². The summed E-state index contributed by atoms with van der Waals surface area (Å²) in [5, 5.41) is 2.66. The van der Waals surface area contributed by atoms with Gasteiger partial charge in [0, 0.05) is 38.4 Å². The molecule has 2 atom stereocenters. The quantitative estimate of drug-likeness (QED) is 0.392. The number of carbonyl (C=O) groups is 4. The van der Waals surface area contributed by atoms with Crippen molar-refractivity contribution in [1.29, 1.82) is 0 Å². The molecule has 3 heterocycles. The normalized spacial score (nSPS) is 19.8. The van der Waals surface area contributed by atoms with Crippen LogP contribution in [0.4, 0.5) is 4.79 Å². The third-order valence-corrected chi connectivity index (χ3v) is 6.86. The van der Waals surface area contributed by atoms with Crippen molar-refractivity contribution in [1.82, 2.24) is 25.0 Å². The molecule has 0 saturated carbocycles. The first-order valence-corrected chi connectivity index (χ1v) is 12.5. The number of carbonyl (C=O) groups excluding carboxylic acids is 4. The number of hydrogen-bond donors (Lipinski definition) is 1. The Morgan fingerprint density at radius 1 is 1.13 bits per heavy atom. The second-order valence-electron chi connectivity index (χ2n) is 10.2. The molecule has 39 heavy (non-hydrogen) atoms. The van der Waals surface area contributed by atoms with Crippen LogP contribution in [0.3, 0.4) is 0 Å². The number of piperazine rings is 1. The Labute approximate surface area is 242 Å². The molecule has 2 unspecified atom stereocenters. The Bertz CT molecular complexity index is 1190. The van der Waals surface area contributed by atoms with Crippen molar-refractivity contribution in [2.24, 2.45) is 0 Å². The number of amides is 5. The first-order valence-electron chi connectivity index (χ1n) is 12.5. The molecular formula is C27H33N6O5Pt+. The SMILES string of the molecule is CN1C(=O)N2CCN(C(=O)C(COCc3ccccc3)NC(=O)C(C)(C)[NH-])CC2(Cc2ccccn2)C1=O.[Pt+2]. The van der Waals surface area contributed by atoms with Crippen molar-refractivity contribution < 1.29 is 45.0 Å². The predicted octanol–water partition coefficient (Wildman–Crippen LogP) is 1.63. The number of fused-ring (bicyclic) bond motifs is 1. The molecule has 1 aromatic heterocycles. The summed E-state index contributed by atoms with van der Waals surface area (Å²) in [7, 11) is 1.44. The number of nitrogens with one attached hydrogen (secondary N) is 2. The fourth-order valence-corrected chi connectivity index (χ4v) is 4.78. The van der Waals surface area contributed by atoms with E-state index >= 15 is 0 Å². The summed E-state index contributed by atoms with van der Waals surface area (Å²) in [6.45, 7) is 3.29. The van der Waals surface area contributed by atoms with Crippen molar-refractivity contribution in [3.05, 3.63) is 71.7 Å². The molecule has 12 heteroatoms. The van der Waals surface area contributed by atoms with Gasteiger partial charge < -0.3 is 25.6 Å². The molecule has 5 amide bonds. The Morgan fingerprint density at radius 3 is 2.46 bits per heavy atom. The van der Waals surface area contributed by atoms with Crippen LogP contribution in [0.2, 0.25) is 0 Å². The van der Waals surface area contributed by atoms with E-state index in [0.717, 1.165) is 10.5 Å². The van der Waals surface area contributed by atoms with Crippen LogP contribution in [-0.4, -0.2) is 93.8 Å². The van der Waals surface area contributed by atoms with Gasteiger partial charge in [0.25, 0.3) is 5.91 Å². The van der Waals surface area contributed by atoms with Gasteiger partial charge in [-0.05, 0) is 17.7 Å². The van der Waals surface area contributed by atoms with Gasteiger partial charge in [0.15, 0.2) is 0 Å². The Kier molecular flexibility index (Phi) is 9.64. The molecular weight excluding hydrogens is 683 g/mol. The molecule has 2 N–H and O–H groups in total. The Hall–Kier alpha value is -3.14. The van der Waals surface area contributed by atoms with Gasteiger partial charge >= 0.3 is 27.1 Å². The molecule has 2 saturated heterocycles. The standard InChI is InChI=1S/C27H33N6O5.Pt/c1-26(2,28)23(35)30-21(17-38-16-19-9-5-4-6-10-19)22(34)32-13-14-33-25(37)31(3)24(36)27(33,18-32)15-20-11-7-8-12-29-20;/h4-12,21,28H,13-18H2,1-3H3,(H,30,35);/q-1;+2. The minimum absolute atomic E-state index is 0. The third-order valence-electron chi connectivity index (χ3n) is 6.86. The van der Waals surface area contributed by atoms with Gasteiger partial charge in [0.1, 0.15) is 11.6 Å². The van der Waals surface area contributed by atoms with Gasteiger partial charge in [-0.2, -0.15) is 0 Å². The average molecular weight is 717 g/mol. The van der Waals surface area contributed by atoms with Crippen molar-refractivity contribution >= 4 is 23.8 Å². The first kappa shape index (κ1) is 30.4. The summed E-state index contributed by atoms with van der Waals surface area (Å²) >= 11 is 0. The molecule has 2 aromatic rings. The second kappa shape index (κ2) is 12.4. The minimum atomic E-state index is -1.46. The first-order chi connectivity index (χ1) is 18.0. The summed E-state index contributed by atoms with van der Waals surface area (Å²) in [5.41, 5.74) is 6.83. The van der Waals surface area contributed by atoms with E-state index in [4.69, 9.17) is 10.5 Å². The van der Waals surface area contributed by atoms with Crippen LogP contribution in [0.1, 0.15) is 25.1 Å². The summed E-state index contributed by atoms with van der Waals surface area (Å²) in [4.78, 5) is 61.2. The van der Waals surface area contributed by atoms with Crippen LogP contribution < -0.4 is 5.32 Å². The minimum Gasteiger partial charge on any atom is -0.664 e. The van der Waals surface area contributed by atoms with E-state index in [1.165, 1.54) is 30.7 Å². The maximum Gasteiger partial charge on any atom is 2.00 e. The molecule has 2 aliphatic heterocycles. The van der Waals surface area contributed by atoms with Gasteiger partial charge in [-0.3, -0.25) is 24.3 Å². The van der Waals surface area contributed by atoms with E-state index in [-0.39, 0.29) is 60.3 Å². The molecule has 0 spiro atoms. The molecule has 4 rings (SSSR count). The van der Waals surface area contributed by atoms with Crippen LogP contribution >= 0.6 is 0 Å². The zero-order valence-corrected chi connectivity index (χ0v) is 24.4. The molecule has 0 bridgehead atoms. The van der Waals surface area contributed by atoms with E-state index in [9.17, 15) is 19.2 Å². The molecule has 11 nitrogen and oxygen atoms in total. The summed E-state index contributed by atoms with van der Waals surface area (Å²) in [6.07, 6.45) is 1.76. The van der Waals surface area contributed by atoms with Crippen molar-refractivity contribution in [3.8, 4) is 0 Å². The summed E-state index contributed by atoms with van der Waals surface area (Å²) in [6, 6.07) is 13.3. The van der Waals surface area contributed by atoms with Crippen LogP contribution in [0.15, 0.2) is 54.7 Å². The maximum atomic E-state index is 13.8. The number of nitrogens with zero attached hydrogens (tertiary/aromatic N) is 4. The zero-order chi connectivity index (χ0) is 27.5. The number of pyridine rings is 1. The number of hydrogen-bond acceptors (Lipinski definition) is 6. The van der Waals surface area contributed by atoms with E-state index in [2.05, 4.69) is 10.3 Å². The number of urea groups is 1. The van der Waals surface area contributed by atoms with E-state index in [1.54, 1.807) is 24.4 Å². The average Bonchev–Trinajstić information content (AvgIpc) is 3.08. The van der Waals surface area contributed by atoms with Gasteiger partial charge in [0.2, 0.25) is 11.8 Å². The molecule has 1 aromatic carbocycles. The van der Waals surface area contributed by atoms with Crippen molar-refractivity contribution in [2.45, 2.75) is 44.0 Å². The topological polar surface area (TPSA) is 136 Å².